The maximum absolute atomic E-state index is 10.6. The molecule has 0 heterocycles. The zero-order chi connectivity index (χ0) is 9.07. The van der Waals surface area contributed by atoms with E-state index in [0.717, 1.165) is 0 Å². The first-order valence-corrected chi connectivity index (χ1v) is 3.86. The summed E-state index contributed by atoms with van der Waals surface area (Å²) in [5, 5.41) is 0. The monoisotopic (exact) mass is 158 g/mol. The lowest BCUT2D eigenvalue weighted by atomic mass is 9.79. The zero-order valence-corrected chi connectivity index (χ0v) is 7.55. The minimum absolute atomic E-state index is 0.0732. The van der Waals surface area contributed by atoms with Gasteiger partial charge in [-0.2, -0.15) is 0 Å². The molecule has 0 spiro atoms. The van der Waals surface area contributed by atoms with Crippen molar-refractivity contribution in [3.05, 3.63) is 0 Å². The predicted octanol–water partition coefficient (Wildman–Crippen LogP) is 0.483. The van der Waals surface area contributed by atoms with Gasteiger partial charge in [-0.25, -0.2) is 0 Å². The number of amides is 1. The highest BCUT2D eigenvalue weighted by Gasteiger charge is 2.24. The summed E-state index contributed by atoms with van der Waals surface area (Å²) in [4.78, 5) is 10.6. The first-order valence-electron chi connectivity index (χ1n) is 3.86. The Hall–Kier alpha value is -0.570. The lowest BCUT2D eigenvalue weighted by Gasteiger charge is -2.28. The van der Waals surface area contributed by atoms with Crippen molar-refractivity contribution in [3.8, 4) is 0 Å². The van der Waals surface area contributed by atoms with Gasteiger partial charge in [0.05, 0.1) is 0 Å². The van der Waals surface area contributed by atoms with Crippen molar-refractivity contribution in [2.75, 3.05) is 6.54 Å². The van der Waals surface area contributed by atoms with Crippen molar-refractivity contribution in [2.45, 2.75) is 27.2 Å². The standard InChI is InChI=1S/C8H18N2O/c1-8(2,3)6(5-9)4-7(10)11/h6H,4-5,9H2,1-3H3,(H2,10,11). The molecule has 1 amide bonds. The quantitative estimate of drug-likeness (QED) is 0.627. The molecule has 0 aromatic heterocycles. The van der Waals surface area contributed by atoms with Crippen LogP contribution >= 0.6 is 0 Å². The third-order valence-electron chi connectivity index (χ3n) is 1.96. The van der Waals surface area contributed by atoms with Crippen molar-refractivity contribution in [1.82, 2.24) is 0 Å². The molecule has 0 fully saturated rings. The number of hydrogen-bond acceptors (Lipinski definition) is 2. The number of carbonyl (C=O) groups excluding carboxylic acids is 1. The fourth-order valence-electron chi connectivity index (χ4n) is 0.986. The van der Waals surface area contributed by atoms with Crippen LogP contribution in [0, 0.1) is 11.3 Å². The Morgan fingerprint density at radius 3 is 2.00 bits per heavy atom. The van der Waals surface area contributed by atoms with E-state index >= 15 is 0 Å². The van der Waals surface area contributed by atoms with E-state index in [-0.39, 0.29) is 17.2 Å². The van der Waals surface area contributed by atoms with E-state index < -0.39 is 0 Å². The van der Waals surface area contributed by atoms with Crippen LogP contribution in [0.1, 0.15) is 27.2 Å². The molecular weight excluding hydrogens is 140 g/mol. The third kappa shape index (κ3) is 3.98. The molecule has 0 rings (SSSR count). The van der Waals surface area contributed by atoms with Gasteiger partial charge in [-0.3, -0.25) is 4.79 Å². The zero-order valence-electron chi connectivity index (χ0n) is 7.55. The molecule has 1 unspecified atom stereocenters. The molecule has 0 radical (unpaired) electrons. The Labute approximate surface area is 68.1 Å². The SMILES string of the molecule is CC(C)(C)C(CN)CC(N)=O. The summed E-state index contributed by atoms with van der Waals surface area (Å²) < 4.78 is 0. The van der Waals surface area contributed by atoms with Crippen LogP contribution in [0.2, 0.25) is 0 Å². The Morgan fingerprint density at radius 2 is 1.91 bits per heavy atom. The molecule has 0 aromatic carbocycles. The molecule has 0 saturated carbocycles. The van der Waals surface area contributed by atoms with Crippen LogP contribution < -0.4 is 11.5 Å². The van der Waals surface area contributed by atoms with Crippen LogP contribution in [0.25, 0.3) is 0 Å². The average molecular weight is 158 g/mol. The molecule has 4 N–H and O–H groups in total. The van der Waals surface area contributed by atoms with Gasteiger partial charge >= 0.3 is 0 Å². The van der Waals surface area contributed by atoms with Crippen LogP contribution in [0.15, 0.2) is 0 Å². The molecule has 0 aliphatic rings. The first kappa shape index (κ1) is 10.4. The van der Waals surface area contributed by atoms with Gasteiger partial charge in [0.15, 0.2) is 0 Å². The fourth-order valence-corrected chi connectivity index (χ4v) is 0.986. The van der Waals surface area contributed by atoms with Crippen LogP contribution in [0.3, 0.4) is 0 Å². The predicted molar refractivity (Wildman–Crippen MR) is 45.8 cm³/mol. The van der Waals surface area contributed by atoms with Gasteiger partial charge in [-0.1, -0.05) is 20.8 Å². The molecule has 0 aromatic rings. The summed E-state index contributed by atoms with van der Waals surface area (Å²) in [6.07, 6.45) is 0.389. The van der Waals surface area contributed by atoms with Gasteiger partial charge < -0.3 is 11.5 Å². The Kier molecular flexibility index (Phi) is 3.52. The number of rotatable bonds is 3. The van der Waals surface area contributed by atoms with Gasteiger partial charge in [0, 0.05) is 6.42 Å². The number of primary amides is 1. The van der Waals surface area contributed by atoms with Crippen molar-refractivity contribution < 1.29 is 4.79 Å². The summed E-state index contributed by atoms with van der Waals surface area (Å²) in [6, 6.07) is 0. The highest BCUT2D eigenvalue weighted by atomic mass is 16.1. The fraction of sp³-hybridized carbons (Fsp3) is 0.875. The second kappa shape index (κ2) is 3.72. The molecular formula is C8H18N2O. The minimum atomic E-state index is -0.268. The van der Waals surface area contributed by atoms with Gasteiger partial charge in [-0.05, 0) is 17.9 Å². The van der Waals surface area contributed by atoms with Gasteiger partial charge in [0.2, 0.25) is 5.91 Å². The maximum Gasteiger partial charge on any atom is 0.217 e. The summed E-state index contributed by atoms with van der Waals surface area (Å²) in [7, 11) is 0. The van der Waals surface area contributed by atoms with Crippen LogP contribution in [-0.4, -0.2) is 12.5 Å². The molecule has 0 aliphatic heterocycles. The number of carbonyl (C=O) groups is 1. The molecule has 0 saturated heterocycles. The Bertz CT molecular complexity index is 138. The van der Waals surface area contributed by atoms with E-state index in [0.29, 0.717) is 13.0 Å². The lowest BCUT2D eigenvalue weighted by Crippen LogP contribution is -2.32. The highest BCUT2D eigenvalue weighted by molar-refractivity contribution is 5.74. The Morgan fingerprint density at radius 1 is 1.45 bits per heavy atom. The maximum atomic E-state index is 10.6. The third-order valence-corrected chi connectivity index (χ3v) is 1.96. The van der Waals surface area contributed by atoms with E-state index in [1.54, 1.807) is 0 Å². The summed E-state index contributed by atoms with van der Waals surface area (Å²) in [5.74, 6) is -0.0737. The highest BCUT2D eigenvalue weighted by Crippen LogP contribution is 2.27. The summed E-state index contributed by atoms with van der Waals surface area (Å²) in [6.45, 7) is 6.71. The molecule has 11 heavy (non-hydrogen) atoms. The molecule has 0 aliphatic carbocycles. The van der Waals surface area contributed by atoms with E-state index in [4.69, 9.17) is 11.5 Å². The molecule has 0 bridgehead atoms. The number of hydrogen-bond donors (Lipinski definition) is 2. The average Bonchev–Trinajstić information content (AvgIpc) is 1.79. The van der Waals surface area contributed by atoms with Gasteiger partial charge in [-0.15, -0.1) is 0 Å². The van der Waals surface area contributed by atoms with Crippen LogP contribution in [0.4, 0.5) is 0 Å². The van der Waals surface area contributed by atoms with Crippen molar-refractivity contribution in [3.63, 3.8) is 0 Å². The van der Waals surface area contributed by atoms with Crippen molar-refractivity contribution in [1.29, 1.82) is 0 Å². The minimum Gasteiger partial charge on any atom is -0.370 e. The van der Waals surface area contributed by atoms with Crippen LogP contribution in [-0.2, 0) is 4.79 Å². The van der Waals surface area contributed by atoms with E-state index in [2.05, 4.69) is 20.8 Å². The normalized spacial score (nSPS) is 14.5. The molecule has 3 nitrogen and oxygen atoms in total. The molecule has 66 valence electrons. The van der Waals surface area contributed by atoms with Crippen molar-refractivity contribution >= 4 is 5.91 Å². The molecule has 1 atom stereocenters. The second-order valence-corrected chi connectivity index (χ2v) is 3.97. The Balaban J connectivity index is 4.07. The van der Waals surface area contributed by atoms with E-state index in [9.17, 15) is 4.79 Å². The topological polar surface area (TPSA) is 69.1 Å². The van der Waals surface area contributed by atoms with E-state index in [1.807, 2.05) is 0 Å². The number of nitrogens with two attached hydrogens (primary N) is 2. The summed E-state index contributed by atoms with van der Waals surface area (Å²) >= 11 is 0. The first-order chi connectivity index (χ1) is 4.88. The van der Waals surface area contributed by atoms with Gasteiger partial charge in [0.25, 0.3) is 0 Å². The van der Waals surface area contributed by atoms with E-state index in [1.165, 1.54) is 0 Å². The smallest absolute Gasteiger partial charge is 0.217 e. The lowest BCUT2D eigenvalue weighted by molar-refractivity contribution is -0.119. The second-order valence-electron chi connectivity index (χ2n) is 3.97. The van der Waals surface area contributed by atoms with Gasteiger partial charge in [0.1, 0.15) is 0 Å². The van der Waals surface area contributed by atoms with Crippen molar-refractivity contribution in [2.24, 2.45) is 22.8 Å². The van der Waals surface area contributed by atoms with Crippen LogP contribution in [0.5, 0.6) is 0 Å². The summed E-state index contributed by atoms with van der Waals surface area (Å²) in [5.41, 5.74) is 10.6. The largest absolute Gasteiger partial charge is 0.370 e. The molecule has 3 heteroatoms.